The smallest absolute Gasteiger partial charge is 0.254 e. The zero-order valence-corrected chi connectivity index (χ0v) is 14.8. The summed E-state index contributed by atoms with van der Waals surface area (Å²) in [7, 11) is 0. The quantitative estimate of drug-likeness (QED) is 0.854. The number of hydrogen-bond acceptors (Lipinski definition) is 5. The number of aromatic nitrogens is 1. The number of ether oxygens (including phenoxy) is 1. The predicted molar refractivity (Wildman–Crippen MR) is 99.1 cm³/mol. The van der Waals surface area contributed by atoms with Crippen molar-refractivity contribution in [1.82, 2.24) is 14.8 Å². The Kier molecular flexibility index (Phi) is 6.57. The van der Waals surface area contributed by atoms with E-state index in [1.807, 2.05) is 35.2 Å². The second-order valence-electron chi connectivity index (χ2n) is 6.46. The van der Waals surface area contributed by atoms with Gasteiger partial charge in [0.15, 0.2) is 0 Å². The zero-order valence-electron chi connectivity index (χ0n) is 14.8. The lowest BCUT2D eigenvalue weighted by Gasteiger charge is -2.24. The topological polar surface area (TPSA) is 65.9 Å². The van der Waals surface area contributed by atoms with Gasteiger partial charge >= 0.3 is 0 Å². The minimum atomic E-state index is -0.558. The molecule has 2 aromatic rings. The molecule has 1 atom stereocenters. The third-order valence-electron chi connectivity index (χ3n) is 4.46. The number of benzene rings is 1. The van der Waals surface area contributed by atoms with Crippen LogP contribution in [0.3, 0.4) is 0 Å². The summed E-state index contributed by atoms with van der Waals surface area (Å²) in [5, 5.41) is 10.3. The van der Waals surface area contributed by atoms with E-state index in [9.17, 15) is 9.90 Å². The first-order valence-corrected chi connectivity index (χ1v) is 9.00. The van der Waals surface area contributed by atoms with Crippen molar-refractivity contribution in [2.45, 2.75) is 12.5 Å². The molecule has 0 bridgehead atoms. The zero-order chi connectivity index (χ0) is 18.2. The van der Waals surface area contributed by atoms with Crippen LogP contribution in [0.1, 0.15) is 16.8 Å². The van der Waals surface area contributed by atoms with Crippen molar-refractivity contribution in [1.29, 1.82) is 0 Å². The van der Waals surface area contributed by atoms with Crippen molar-refractivity contribution in [3.63, 3.8) is 0 Å². The first kappa shape index (κ1) is 18.4. The highest BCUT2D eigenvalue weighted by Gasteiger charge is 2.21. The lowest BCUT2D eigenvalue weighted by Crippen LogP contribution is -2.39. The third kappa shape index (κ3) is 5.28. The van der Waals surface area contributed by atoms with Crippen molar-refractivity contribution >= 4 is 5.91 Å². The van der Waals surface area contributed by atoms with E-state index in [0.29, 0.717) is 18.7 Å². The second kappa shape index (κ2) is 9.31. The summed E-state index contributed by atoms with van der Waals surface area (Å²) >= 11 is 0. The van der Waals surface area contributed by atoms with Gasteiger partial charge in [-0.15, -0.1) is 0 Å². The maximum atomic E-state index is 12.6. The van der Waals surface area contributed by atoms with Crippen LogP contribution < -0.4 is 4.74 Å². The minimum Gasteiger partial charge on any atom is -0.491 e. The first-order valence-electron chi connectivity index (χ1n) is 9.00. The molecule has 0 saturated carbocycles. The molecule has 6 nitrogen and oxygen atoms in total. The molecule has 1 fully saturated rings. The van der Waals surface area contributed by atoms with Crippen LogP contribution in [-0.2, 0) is 0 Å². The fourth-order valence-electron chi connectivity index (χ4n) is 3.09. The van der Waals surface area contributed by atoms with Crippen LogP contribution in [0.15, 0.2) is 54.9 Å². The Morgan fingerprint density at radius 2 is 1.85 bits per heavy atom. The van der Waals surface area contributed by atoms with Crippen LogP contribution >= 0.6 is 0 Å². The molecule has 2 heterocycles. The summed E-state index contributed by atoms with van der Waals surface area (Å²) in [6, 6.07) is 13.0. The Morgan fingerprint density at radius 1 is 1.08 bits per heavy atom. The molecular weight excluding hydrogens is 330 g/mol. The summed E-state index contributed by atoms with van der Waals surface area (Å²) < 4.78 is 5.61. The Bertz CT molecular complexity index is 681. The van der Waals surface area contributed by atoms with Crippen LogP contribution in [0, 0.1) is 0 Å². The number of nitrogens with zero attached hydrogens (tertiary/aromatic N) is 3. The molecule has 1 aliphatic heterocycles. The number of β-amino-alcohol motifs (C(OH)–C–C–N with tert-alkyl or cyclic N) is 1. The SMILES string of the molecule is O=C(c1ccncc1)N1CCCN(CC(O)COc2ccccc2)CC1. The van der Waals surface area contributed by atoms with Crippen molar-refractivity contribution in [3.05, 3.63) is 60.4 Å². The summed E-state index contributed by atoms with van der Waals surface area (Å²) in [6.07, 6.45) is 3.61. The van der Waals surface area contributed by atoms with E-state index < -0.39 is 6.10 Å². The average Bonchev–Trinajstić information content (AvgIpc) is 2.93. The van der Waals surface area contributed by atoms with Gasteiger partial charge in [-0.2, -0.15) is 0 Å². The van der Waals surface area contributed by atoms with E-state index in [2.05, 4.69) is 9.88 Å². The molecular formula is C20H25N3O3. The molecule has 1 aromatic carbocycles. The molecule has 1 unspecified atom stereocenters. The number of aliphatic hydroxyl groups is 1. The number of para-hydroxylation sites is 1. The molecule has 1 saturated heterocycles. The van der Waals surface area contributed by atoms with Crippen LogP contribution in [0.5, 0.6) is 5.75 Å². The number of amides is 1. The average molecular weight is 355 g/mol. The maximum absolute atomic E-state index is 12.6. The van der Waals surface area contributed by atoms with Gasteiger partial charge in [0.1, 0.15) is 18.5 Å². The van der Waals surface area contributed by atoms with Gasteiger partial charge < -0.3 is 14.7 Å². The Balaban J connectivity index is 1.45. The second-order valence-corrected chi connectivity index (χ2v) is 6.46. The molecule has 1 aromatic heterocycles. The van der Waals surface area contributed by atoms with Crippen LogP contribution in [0.25, 0.3) is 0 Å². The van der Waals surface area contributed by atoms with Gasteiger partial charge in [-0.1, -0.05) is 18.2 Å². The predicted octanol–water partition coefficient (Wildman–Crippen LogP) is 1.67. The first-order chi connectivity index (χ1) is 12.7. The van der Waals surface area contributed by atoms with Crippen molar-refractivity contribution < 1.29 is 14.6 Å². The minimum absolute atomic E-state index is 0.0437. The number of pyridine rings is 1. The Hall–Kier alpha value is -2.44. The van der Waals surface area contributed by atoms with Crippen molar-refractivity contribution in [3.8, 4) is 5.75 Å². The van der Waals surface area contributed by atoms with E-state index in [1.54, 1.807) is 24.5 Å². The summed E-state index contributed by atoms with van der Waals surface area (Å²) in [6.45, 7) is 3.81. The summed E-state index contributed by atoms with van der Waals surface area (Å²) in [5.41, 5.74) is 0.671. The van der Waals surface area contributed by atoms with Crippen LogP contribution in [-0.4, -0.2) is 71.2 Å². The van der Waals surface area contributed by atoms with Gasteiger partial charge in [-0.05, 0) is 37.2 Å². The summed E-state index contributed by atoms with van der Waals surface area (Å²) in [5.74, 6) is 0.804. The van der Waals surface area contributed by atoms with E-state index in [1.165, 1.54) is 0 Å². The fraction of sp³-hybridized carbons (Fsp3) is 0.400. The molecule has 0 radical (unpaired) electrons. The molecule has 0 spiro atoms. The molecule has 0 aliphatic carbocycles. The Morgan fingerprint density at radius 3 is 2.62 bits per heavy atom. The largest absolute Gasteiger partial charge is 0.491 e. The monoisotopic (exact) mass is 355 g/mol. The van der Waals surface area contributed by atoms with Crippen LogP contribution in [0.2, 0.25) is 0 Å². The number of hydrogen-bond donors (Lipinski definition) is 1. The molecule has 138 valence electrons. The van der Waals surface area contributed by atoms with E-state index in [0.717, 1.165) is 31.8 Å². The molecule has 6 heteroatoms. The van der Waals surface area contributed by atoms with Crippen LogP contribution in [0.4, 0.5) is 0 Å². The maximum Gasteiger partial charge on any atom is 0.254 e. The van der Waals surface area contributed by atoms with E-state index >= 15 is 0 Å². The lowest BCUT2D eigenvalue weighted by molar-refractivity contribution is 0.0670. The van der Waals surface area contributed by atoms with E-state index in [-0.39, 0.29) is 12.5 Å². The van der Waals surface area contributed by atoms with Gasteiger partial charge in [-0.25, -0.2) is 0 Å². The van der Waals surface area contributed by atoms with Crippen molar-refractivity contribution in [2.75, 3.05) is 39.3 Å². The van der Waals surface area contributed by atoms with Gasteiger partial charge in [0.2, 0.25) is 0 Å². The summed E-state index contributed by atoms with van der Waals surface area (Å²) in [4.78, 5) is 20.6. The molecule has 1 aliphatic rings. The highest BCUT2D eigenvalue weighted by atomic mass is 16.5. The number of rotatable bonds is 6. The van der Waals surface area contributed by atoms with Gasteiger partial charge in [0.05, 0.1) is 0 Å². The molecule has 3 rings (SSSR count). The van der Waals surface area contributed by atoms with E-state index in [4.69, 9.17) is 4.74 Å². The standard InChI is InChI=1S/C20H25N3O3/c24-18(16-26-19-5-2-1-3-6-19)15-22-11-4-12-23(14-13-22)20(25)17-7-9-21-10-8-17/h1-3,5-10,18,24H,4,11-16H2. The van der Waals surface area contributed by atoms with Crippen molar-refractivity contribution in [2.24, 2.45) is 0 Å². The number of carbonyl (C=O) groups is 1. The molecule has 26 heavy (non-hydrogen) atoms. The number of aliphatic hydroxyl groups excluding tert-OH is 1. The van der Waals surface area contributed by atoms with Gasteiger partial charge in [0, 0.05) is 44.1 Å². The molecule has 1 N–H and O–H groups in total. The van der Waals surface area contributed by atoms with Gasteiger partial charge in [0.25, 0.3) is 5.91 Å². The number of carbonyl (C=O) groups excluding carboxylic acids is 1. The third-order valence-corrected chi connectivity index (χ3v) is 4.46. The Labute approximate surface area is 154 Å². The lowest BCUT2D eigenvalue weighted by atomic mass is 10.2. The highest BCUT2D eigenvalue weighted by Crippen LogP contribution is 2.11. The normalized spacial score (nSPS) is 16.7. The fourth-order valence-corrected chi connectivity index (χ4v) is 3.09. The highest BCUT2D eigenvalue weighted by molar-refractivity contribution is 5.94. The molecule has 1 amide bonds. The van der Waals surface area contributed by atoms with Gasteiger partial charge in [-0.3, -0.25) is 14.7 Å².